The number of amides is 1. The van der Waals surface area contributed by atoms with Gasteiger partial charge in [0.25, 0.3) is 11.5 Å². The maximum atomic E-state index is 11.7. The zero-order valence-electron chi connectivity index (χ0n) is 9.51. The predicted molar refractivity (Wildman–Crippen MR) is 66.3 cm³/mol. The van der Waals surface area contributed by atoms with Gasteiger partial charge in [0.15, 0.2) is 5.88 Å². The van der Waals surface area contributed by atoms with Crippen LogP contribution in [0, 0.1) is 0 Å². The summed E-state index contributed by atoms with van der Waals surface area (Å²) in [6.07, 6.45) is 0. The number of hydrogen-bond acceptors (Lipinski definition) is 3. The molecule has 0 aliphatic rings. The molecular formula is C13H12N2O3. The normalized spacial score (nSPS) is 10.0. The van der Waals surface area contributed by atoms with Gasteiger partial charge in [0.1, 0.15) is 0 Å². The van der Waals surface area contributed by atoms with Gasteiger partial charge < -0.3 is 10.4 Å². The van der Waals surface area contributed by atoms with E-state index in [1.165, 1.54) is 6.07 Å². The van der Waals surface area contributed by atoms with Gasteiger partial charge >= 0.3 is 0 Å². The Labute approximate surface area is 103 Å². The smallest absolute Gasteiger partial charge is 0.251 e. The van der Waals surface area contributed by atoms with Gasteiger partial charge in [0, 0.05) is 18.7 Å². The van der Waals surface area contributed by atoms with Gasteiger partial charge in [0.2, 0.25) is 0 Å². The standard InChI is InChI=1S/C13H12N2O3/c16-11-6-10(7-12(17)15-11)13(18)14-8-9-4-2-1-3-5-9/h1-7H,8H2,(H,14,18)(H2,15,16,17). The van der Waals surface area contributed by atoms with Crippen molar-refractivity contribution in [1.29, 1.82) is 0 Å². The van der Waals surface area contributed by atoms with E-state index >= 15 is 0 Å². The molecular weight excluding hydrogens is 232 g/mol. The van der Waals surface area contributed by atoms with Crippen molar-refractivity contribution < 1.29 is 9.90 Å². The number of benzene rings is 1. The fraction of sp³-hybridized carbons (Fsp3) is 0.0769. The quantitative estimate of drug-likeness (QED) is 0.753. The van der Waals surface area contributed by atoms with Crippen LogP contribution in [-0.2, 0) is 6.54 Å². The Morgan fingerprint density at radius 2 is 1.94 bits per heavy atom. The second-order valence-electron chi connectivity index (χ2n) is 3.79. The predicted octanol–water partition coefficient (Wildman–Crippen LogP) is 1.01. The SMILES string of the molecule is O=C(NCc1ccccc1)c1cc(O)[nH]c(=O)c1. The molecule has 0 aliphatic heterocycles. The number of aromatic hydroxyl groups is 1. The molecule has 0 aliphatic carbocycles. The monoisotopic (exact) mass is 244 g/mol. The fourth-order valence-electron chi connectivity index (χ4n) is 1.54. The van der Waals surface area contributed by atoms with Crippen molar-refractivity contribution in [2.45, 2.75) is 6.54 Å². The van der Waals surface area contributed by atoms with Gasteiger partial charge in [-0.3, -0.25) is 14.6 Å². The van der Waals surface area contributed by atoms with Crippen LogP contribution in [0.4, 0.5) is 0 Å². The lowest BCUT2D eigenvalue weighted by molar-refractivity contribution is 0.0950. The summed E-state index contributed by atoms with van der Waals surface area (Å²) >= 11 is 0. The molecule has 0 atom stereocenters. The third kappa shape index (κ3) is 2.98. The lowest BCUT2D eigenvalue weighted by atomic mass is 10.2. The van der Waals surface area contributed by atoms with Gasteiger partial charge in [-0.25, -0.2) is 0 Å². The summed E-state index contributed by atoms with van der Waals surface area (Å²) in [6, 6.07) is 11.8. The average Bonchev–Trinajstić information content (AvgIpc) is 2.36. The number of pyridine rings is 1. The first-order valence-electron chi connectivity index (χ1n) is 5.40. The van der Waals surface area contributed by atoms with Gasteiger partial charge in [-0.1, -0.05) is 30.3 Å². The molecule has 18 heavy (non-hydrogen) atoms. The number of H-pyrrole nitrogens is 1. The Balaban J connectivity index is 2.06. The zero-order chi connectivity index (χ0) is 13.0. The third-order valence-corrected chi connectivity index (χ3v) is 2.39. The highest BCUT2D eigenvalue weighted by Crippen LogP contribution is 2.04. The van der Waals surface area contributed by atoms with Crippen molar-refractivity contribution in [1.82, 2.24) is 10.3 Å². The molecule has 1 aromatic carbocycles. The van der Waals surface area contributed by atoms with Crippen LogP contribution in [0.25, 0.3) is 0 Å². The summed E-state index contributed by atoms with van der Waals surface area (Å²) in [4.78, 5) is 25.0. The zero-order valence-corrected chi connectivity index (χ0v) is 9.51. The van der Waals surface area contributed by atoms with Crippen LogP contribution in [0.15, 0.2) is 47.3 Å². The van der Waals surface area contributed by atoms with E-state index in [9.17, 15) is 14.7 Å². The lowest BCUT2D eigenvalue weighted by Crippen LogP contribution is -2.24. The Morgan fingerprint density at radius 3 is 2.61 bits per heavy atom. The van der Waals surface area contributed by atoms with E-state index in [-0.39, 0.29) is 11.4 Å². The topological polar surface area (TPSA) is 82.2 Å². The Morgan fingerprint density at radius 1 is 1.22 bits per heavy atom. The summed E-state index contributed by atoms with van der Waals surface area (Å²) in [5, 5.41) is 11.9. The number of nitrogens with one attached hydrogen (secondary N) is 2. The summed E-state index contributed by atoms with van der Waals surface area (Å²) in [5.74, 6) is -0.729. The second kappa shape index (κ2) is 5.18. The molecule has 0 unspecified atom stereocenters. The van der Waals surface area contributed by atoms with Crippen molar-refractivity contribution in [3.8, 4) is 5.88 Å². The maximum absolute atomic E-state index is 11.7. The average molecular weight is 244 g/mol. The number of aromatic amines is 1. The summed E-state index contributed by atoms with van der Waals surface area (Å²) in [6.45, 7) is 0.368. The molecule has 0 saturated carbocycles. The van der Waals surface area contributed by atoms with Crippen molar-refractivity contribution >= 4 is 5.91 Å². The number of rotatable bonds is 3. The molecule has 5 nitrogen and oxygen atoms in total. The fourth-order valence-corrected chi connectivity index (χ4v) is 1.54. The number of aromatic nitrogens is 1. The lowest BCUT2D eigenvalue weighted by Gasteiger charge is -2.05. The van der Waals surface area contributed by atoms with Crippen LogP contribution in [0.2, 0.25) is 0 Å². The van der Waals surface area contributed by atoms with Crippen LogP contribution in [0.3, 0.4) is 0 Å². The first-order valence-corrected chi connectivity index (χ1v) is 5.40. The van der Waals surface area contributed by atoms with Crippen molar-refractivity contribution in [2.75, 3.05) is 0 Å². The molecule has 0 saturated heterocycles. The van der Waals surface area contributed by atoms with E-state index in [2.05, 4.69) is 10.3 Å². The highest BCUT2D eigenvalue weighted by molar-refractivity contribution is 5.94. The minimum Gasteiger partial charge on any atom is -0.494 e. The first kappa shape index (κ1) is 11.9. The van der Waals surface area contributed by atoms with E-state index in [0.717, 1.165) is 11.6 Å². The Hall–Kier alpha value is -2.56. The molecule has 1 aromatic heterocycles. The van der Waals surface area contributed by atoms with Gasteiger partial charge in [-0.15, -0.1) is 0 Å². The number of carbonyl (C=O) groups is 1. The van der Waals surface area contributed by atoms with Gasteiger partial charge in [0.05, 0.1) is 5.56 Å². The van der Waals surface area contributed by atoms with Crippen LogP contribution < -0.4 is 10.9 Å². The highest BCUT2D eigenvalue weighted by atomic mass is 16.3. The van der Waals surface area contributed by atoms with E-state index < -0.39 is 11.5 Å². The molecule has 1 amide bonds. The summed E-state index contributed by atoms with van der Waals surface area (Å²) < 4.78 is 0. The molecule has 0 radical (unpaired) electrons. The molecule has 2 rings (SSSR count). The first-order chi connectivity index (χ1) is 8.65. The molecule has 3 N–H and O–H groups in total. The highest BCUT2D eigenvalue weighted by Gasteiger charge is 2.07. The maximum Gasteiger partial charge on any atom is 0.251 e. The Kier molecular flexibility index (Phi) is 3.43. The van der Waals surface area contributed by atoms with E-state index in [1.54, 1.807) is 0 Å². The summed E-state index contributed by atoms with van der Waals surface area (Å²) in [5.41, 5.74) is 0.576. The molecule has 0 bridgehead atoms. The van der Waals surface area contributed by atoms with Crippen LogP contribution in [-0.4, -0.2) is 16.0 Å². The molecule has 2 aromatic rings. The third-order valence-electron chi connectivity index (χ3n) is 2.39. The van der Waals surface area contributed by atoms with E-state index in [0.29, 0.717) is 6.54 Å². The molecule has 5 heteroatoms. The van der Waals surface area contributed by atoms with Crippen LogP contribution in [0.1, 0.15) is 15.9 Å². The van der Waals surface area contributed by atoms with E-state index in [4.69, 9.17) is 0 Å². The molecule has 1 heterocycles. The van der Waals surface area contributed by atoms with Crippen molar-refractivity contribution in [3.63, 3.8) is 0 Å². The largest absolute Gasteiger partial charge is 0.494 e. The number of hydrogen-bond donors (Lipinski definition) is 3. The minimum absolute atomic E-state index is 0.132. The minimum atomic E-state index is -0.514. The molecule has 0 spiro atoms. The second-order valence-corrected chi connectivity index (χ2v) is 3.79. The van der Waals surface area contributed by atoms with E-state index in [1.807, 2.05) is 30.3 Å². The van der Waals surface area contributed by atoms with Gasteiger partial charge in [-0.2, -0.15) is 0 Å². The molecule has 92 valence electrons. The number of carbonyl (C=O) groups excluding carboxylic acids is 1. The van der Waals surface area contributed by atoms with Crippen LogP contribution >= 0.6 is 0 Å². The summed E-state index contributed by atoms with van der Waals surface area (Å²) in [7, 11) is 0. The van der Waals surface area contributed by atoms with Crippen molar-refractivity contribution in [3.05, 3.63) is 63.9 Å². The van der Waals surface area contributed by atoms with Gasteiger partial charge in [-0.05, 0) is 5.56 Å². The Bertz CT molecular complexity index is 605. The molecule has 0 fully saturated rings. The van der Waals surface area contributed by atoms with Crippen LogP contribution in [0.5, 0.6) is 5.88 Å². The van der Waals surface area contributed by atoms with Crippen molar-refractivity contribution in [2.24, 2.45) is 0 Å².